The van der Waals surface area contributed by atoms with Crippen LogP contribution in [0.3, 0.4) is 0 Å². The summed E-state index contributed by atoms with van der Waals surface area (Å²) in [5.41, 5.74) is 2.67. The molecule has 0 fully saturated rings. The highest BCUT2D eigenvalue weighted by molar-refractivity contribution is 6.03. The van der Waals surface area contributed by atoms with E-state index in [0.29, 0.717) is 38.0 Å². The van der Waals surface area contributed by atoms with Gasteiger partial charge in [-0.3, -0.25) is 19.7 Å². The maximum Gasteiger partial charge on any atom is 0.309 e. The molecule has 0 saturated heterocycles. The number of ether oxygens (including phenoxy) is 1. The second kappa shape index (κ2) is 6.66. The lowest BCUT2D eigenvalue weighted by Gasteiger charge is -2.21. The van der Waals surface area contributed by atoms with Gasteiger partial charge in [0.05, 0.1) is 17.4 Å². The van der Waals surface area contributed by atoms with Crippen molar-refractivity contribution >= 4 is 23.1 Å². The number of nitrogens with zero attached hydrogens (tertiary/aromatic N) is 2. The summed E-state index contributed by atoms with van der Waals surface area (Å²) in [6, 6.07) is 3.13. The SMILES string of the molecule is CCOC(=O)C1CC=C(c2ccc([N+](=O)[O-])c3c2CN(C)C3=O)CC1. The molecule has 3 rings (SSSR count). The zero-order valence-corrected chi connectivity index (χ0v) is 14.3. The number of hydrogen-bond acceptors (Lipinski definition) is 5. The van der Waals surface area contributed by atoms with Gasteiger partial charge in [0.25, 0.3) is 11.6 Å². The summed E-state index contributed by atoms with van der Waals surface area (Å²) in [6.45, 7) is 2.52. The smallest absolute Gasteiger partial charge is 0.309 e. The van der Waals surface area contributed by atoms with Crippen molar-refractivity contribution in [1.29, 1.82) is 0 Å². The maximum absolute atomic E-state index is 12.3. The second-order valence-corrected chi connectivity index (χ2v) is 6.36. The van der Waals surface area contributed by atoms with Gasteiger partial charge in [-0.2, -0.15) is 0 Å². The van der Waals surface area contributed by atoms with Gasteiger partial charge in [0, 0.05) is 19.7 Å². The van der Waals surface area contributed by atoms with Gasteiger partial charge in [-0.25, -0.2) is 0 Å². The molecule has 0 N–H and O–H groups in total. The number of fused-ring (bicyclic) bond motifs is 1. The molecule has 1 aliphatic heterocycles. The predicted octanol–water partition coefficient (Wildman–Crippen LogP) is 2.93. The van der Waals surface area contributed by atoms with Crippen molar-refractivity contribution in [1.82, 2.24) is 4.90 Å². The zero-order valence-electron chi connectivity index (χ0n) is 14.3. The number of nitro groups is 1. The van der Waals surface area contributed by atoms with Gasteiger partial charge < -0.3 is 9.64 Å². The standard InChI is InChI=1S/C18H20N2O5/c1-3-25-18(22)12-6-4-11(5-7-12)13-8-9-15(20(23)24)16-14(13)10-19(2)17(16)21/h4,8-9,12H,3,5-7,10H2,1-2H3. The molecular formula is C18H20N2O5. The largest absolute Gasteiger partial charge is 0.466 e. The van der Waals surface area contributed by atoms with E-state index < -0.39 is 4.92 Å². The summed E-state index contributed by atoms with van der Waals surface area (Å²) in [5, 5.41) is 11.2. The van der Waals surface area contributed by atoms with Crippen molar-refractivity contribution < 1.29 is 19.2 Å². The fourth-order valence-corrected chi connectivity index (χ4v) is 3.54. The number of nitro benzene ring substituents is 1. The number of esters is 1. The van der Waals surface area contributed by atoms with E-state index in [1.54, 1.807) is 20.0 Å². The number of benzene rings is 1. The summed E-state index contributed by atoms with van der Waals surface area (Å²) < 4.78 is 5.07. The summed E-state index contributed by atoms with van der Waals surface area (Å²) in [7, 11) is 1.64. The average molecular weight is 344 g/mol. The maximum atomic E-state index is 12.3. The summed E-state index contributed by atoms with van der Waals surface area (Å²) in [6.07, 6.45) is 3.95. The lowest BCUT2D eigenvalue weighted by Crippen LogP contribution is -2.19. The highest BCUT2D eigenvalue weighted by Gasteiger charge is 2.35. The average Bonchev–Trinajstić information content (AvgIpc) is 2.89. The van der Waals surface area contributed by atoms with Crippen molar-refractivity contribution in [2.45, 2.75) is 32.7 Å². The van der Waals surface area contributed by atoms with Crippen LogP contribution in [0.1, 0.15) is 47.7 Å². The molecule has 0 saturated carbocycles. The van der Waals surface area contributed by atoms with E-state index in [4.69, 9.17) is 4.74 Å². The van der Waals surface area contributed by atoms with E-state index >= 15 is 0 Å². The van der Waals surface area contributed by atoms with Crippen LogP contribution < -0.4 is 0 Å². The normalized spacial score (nSPS) is 19.4. The van der Waals surface area contributed by atoms with Gasteiger partial charge in [0.1, 0.15) is 5.56 Å². The molecule has 1 atom stereocenters. The van der Waals surface area contributed by atoms with E-state index in [-0.39, 0.29) is 29.0 Å². The number of amides is 1. The van der Waals surface area contributed by atoms with E-state index in [1.165, 1.54) is 11.0 Å². The molecule has 25 heavy (non-hydrogen) atoms. The molecule has 0 bridgehead atoms. The number of carbonyl (C=O) groups is 2. The molecule has 1 heterocycles. The van der Waals surface area contributed by atoms with Crippen LogP contribution in [0.5, 0.6) is 0 Å². The molecule has 1 aromatic carbocycles. The summed E-state index contributed by atoms with van der Waals surface area (Å²) >= 11 is 0. The Bertz CT molecular complexity index is 784. The van der Waals surface area contributed by atoms with Gasteiger partial charge in [-0.05, 0) is 49.0 Å². The highest BCUT2D eigenvalue weighted by atomic mass is 16.6. The molecule has 0 spiro atoms. The fraction of sp³-hybridized carbons (Fsp3) is 0.444. The Kier molecular flexibility index (Phi) is 4.57. The van der Waals surface area contributed by atoms with Crippen molar-refractivity contribution in [2.24, 2.45) is 5.92 Å². The fourth-order valence-electron chi connectivity index (χ4n) is 3.54. The minimum Gasteiger partial charge on any atom is -0.466 e. The number of allylic oxidation sites excluding steroid dienone is 2. The van der Waals surface area contributed by atoms with Crippen LogP contribution in [-0.2, 0) is 16.1 Å². The Morgan fingerprint density at radius 3 is 2.80 bits per heavy atom. The molecule has 7 heteroatoms. The van der Waals surface area contributed by atoms with Crippen LogP contribution in [0.2, 0.25) is 0 Å². The van der Waals surface area contributed by atoms with E-state index in [1.807, 2.05) is 6.08 Å². The molecule has 0 aromatic heterocycles. The molecule has 7 nitrogen and oxygen atoms in total. The Morgan fingerprint density at radius 1 is 1.44 bits per heavy atom. The second-order valence-electron chi connectivity index (χ2n) is 6.36. The predicted molar refractivity (Wildman–Crippen MR) is 90.8 cm³/mol. The van der Waals surface area contributed by atoms with Crippen LogP contribution >= 0.6 is 0 Å². The van der Waals surface area contributed by atoms with Crippen molar-refractivity contribution in [2.75, 3.05) is 13.7 Å². The first-order chi connectivity index (χ1) is 11.9. The third kappa shape index (κ3) is 3.01. The first kappa shape index (κ1) is 17.1. The molecule has 1 amide bonds. The Hall–Kier alpha value is -2.70. The topological polar surface area (TPSA) is 89.8 Å². The van der Waals surface area contributed by atoms with E-state index in [9.17, 15) is 19.7 Å². The van der Waals surface area contributed by atoms with E-state index in [2.05, 4.69) is 0 Å². The molecule has 1 aliphatic carbocycles. The number of hydrogen-bond donors (Lipinski definition) is 0. The number of carbonyl (C=O) groups excluding carboxylic acids is 2. The quantitative estimate of drug-likeness (QED) is 0.476. The lowest BCUT2D eigenvalue weighted by molar-refractivity contribution is -0.385. The van der Waals surface area contributed by atoms with E-state index in [0.717, 1.165) is 11.1 Å². The molecule has 0 radical (unpaired) electrons. The molecule has 1 unspecified atom stereocenters. The van der Waals surface area contributed by atoms with Crippen molar-refractivity contribution in [3.05, 3.63) is 45.0 Å². The Morgan fingerprint density at radius 2 is 2.20 bits per heavy atom. The summed E-state index contributed by atoms with van der Waals surface area (Å²) in [4.78, 5) is 36.4. The first-order valence-electron chi connectivity index (χ1n) is 8.35. The van der Waals surface area contributed by atoms with Crippen LogP contribution in [0, 0.1) is 16.0 Å². The Balaban J connectivity index is 1.94. The van der Waals surface area contributed by atoms with Gasteiger partial charge in [-0.15, -0.1) is 0 Å². The zero-order chi connectivity index (χ0) is 18.1. The monoisotopic (exact) mass is 344 g/mol. The molecule has 1 aromatic rings. The lowest BCUT2D eigenvalue weighted by atomic mass is 9.84. The minimum absolute atomic E-state index is 0.140. The minimum atomic E-state index is -0.508. The molecule has 2 aliphatic rings. The van der Waals surface area contributed by atoms with Gasteiger partial charge >= 0.3 is 5.97 Å². The third-order valence-corrected chi connectivity index (χ3v) is 4.82. The first-order valence-corrected chi connectivity index (χ1v) is 8.35. The van der Waals surface area contributed by atoms with Crippen molar-refractivity contribution in [3.8, 4) is 0 Å². The Labute approximate surface area is 145 Å². The van der Waals surface area contributed by atoms with Crippen LogP contribution in [0.25, 0.3) is 5.57 Å². The summed E-state index contributed by atoms with van der Waals surface area (Å²) in [5.74, 6) is -0.634. The van der Waals surface area contributed by atoms with Gasteiger partial charge in [-0.1, -0.05) is 6.08 Å². The van der Waals surface area contributed by atoms with Crippen molar-refractivity contribution in [3.63, 3.8) is 0 Å². The van der Waals surface area contributed by atoms with Crippen LogP contribution in [0.4, 0.5) is 5.69 Å². The number of rotatable bonds is 4. The van der Waals surface area contributed by atoms with Gasteiger partial charge in [0.2, 0.25) is 0 Å². The highest BCUT2D eigenvalue weighted by Crippen LogP contribution is 2.39. The molecule has 132 valence electrons. The van der Waals surface area contributed by atoms with Crippen LogP contribution in [-0.4, -0.2) is 35.4 Å². The van der Waals surface area contributed by atoms with Gasteiger partial charge in [0.15, 0.2) is 0 Å². The third-order valence-electron chi connectivity index (χ3n) is 4.82. The van der Waals surface area contributed by atoms with Crippen LogP contribution in [0.15, 0.2) is 18.2 Å². The molecular weight excluding hydrogens is 324 g/mol.